The summed E-state index contributed by atoms with van der Waals surface area (Å²) >= 11 is 0. The molecule has 1 heterocycles. The van der Waals surface area contributed by atoms with E-state index in [1.165, 1.54) is 18.5 Å². The Labute approximate surface area is 134 Å². The number of hydrogen-bond acceptors (Lipinski definition) is 6. The van der Waals surface area contributed by atoms with Gasteiger partial charge in [-0.3, -0.25) is 5.41 Å². The van der Waals surface area contributed by atoms with Gasteiger partial charge in [-0.05, 0) is 17.5 Å². The molecule has 2 aromatic rings. The molecule has 0 spiro atoms. The Balaban J connectivity index is 2.41. The Morgan fingerprint density at radius 2 is 1.96 bits per heavy atom. The molecule has 2 rings (SSSR count). The van der Waals surface area contributed by atoms with Crippen LogP contribution >= 0.6 is 0 Å². The van der Waals surface area contributed by atoms with Gasteiger partial charge in [0.1, 0.15) is 23.8 Å². The fraction of sp³-hybridized carbons (Fsp3) is 0.312. The summed E-state index contributed by atoms with van der Waals surface area (Å²) in [5.41, 5.74) is 12.2. The lowest BCUT2D eigenvalue weighted by Crippen LogP contribution is -2.22. The van der Waals surface area contributed by atoms with E-state index in [9.17, 15) is 4.39 Å². The van der Waals surface area contributed by atoms with E-state index in [1.54, 1.807) is 6.07 Å². The van der Waals surface area contributed by atoms with Crippen LogP contribution in [-0.2, 0) is 0 Å². The zero-order valence-corrected chi connectivity index (χ0v) is 13.4. The molecule has 0 unspecified atom stereocenters. The summed E-state index contributed by atoms with van der Waals surface area (Å²) in [6.07, 6.45) is 1.33. The van der Waals surface area contributed by atoms with Gasteiger partial charge < -0.3 is 16.8 Å². The Kier molecular flexibility index (Phi) is 4.49. The first-order valence-corrected chi connectivity index (χ1v) is 7.18. The number of anilines is 3. The molecule has 6 nitrogen and oxygen atoms in total. The van der Waals surface area contributed by atoms with E-state index in [1.807, 2.05) is 0 Å². The summed E-state index contributed by atoms with van der Waals surface area (Å²) in [7, 11) is 0. The summed E-state index contributed by atoms with van der Waals surface area (Å²) in [4.78, 5) is 8.11. The number of nitrogens with zero attached hydrogens (tertiary/aromatic N) is 2. The van der Waals surface area contributed by atoms with Crippen molar-refractivity contribution in [3.8, 4) is 0 Å². The van der Waals surface area contributed by atoms with Gasteiger partial charge in [0.05, 0.1) is 17.0 Å². The molecule has 0 aliphatic heterocycles. The van der Waals surface area contributed by atoms with Crippen LogP contribution in [0.2, 0.25) is 0 Å². The van der Waals surface area contributed by atoms with E-state index in [-0.39, 0.29) is 22.6 Å². The van der Waals surface area contributed by atoms with Gasteiger partial charge >= 0.3 is 0 Å². The number of halogens is 1. The zero-order chi connectivity index (χ0) is 17.2. The van der Waals surface area contributed by atoms with Crippen molar-refractivity contribution in [3.63, 3.8) is 0 Å². The Morgan fingerprint density at radius 1 is 1.26 bits per heavy atom. The monoisotopic (exact) mass is 316 g/mol. The molecule has 0 aliphatic carbocycles. The summed E-state index contributed by atoms with van der Waals surface area (Å²) in [6, 6.07) is 4.19. The van der Waals surface area contributed by atoms with Crippen molar-refractivity contribution in [2.24, 2.45) is 5.41 Å². The average Bonchev–Trinajstić information content (AvgIpc) is 2.46. The summed E-state index contributed by atoms with van der Waals surface area (Å²) in [6.45, 7) is 6.86. The zero-order valence-electron chi connectivity index (χ0n) is 13.4. The van der Waals surface area contributed by atoms with Gasteiger partial charge in [-0.2, -0.15) is 0 Å². The first-order chi connectivity index (χ1) is 10.7. The van der Waals surface area contributed by atoms with Gasteiger partial charge in [-0.15, -0.1) is 0 Å². The smallest absolute Gasteiger partial charge is 0.146 e. The first kappa shape index (κ1) is 16.7. The summed E-state index contributed by atoms with van der Waals surface area (Å²) in [5.74, 6) is 0.0418. The van der Waals surface area contributed by atoms with Gasteiger partial charge in [0.2, 0.25) is 0 Å². The van der Waals surface area contributed by atoms with Gasteiger partial charge in [-0.25, -0.2) is 14.4 Å². The van der Waals surface area contributed by atoms with Crippen LogP contribution in [0.25, 0.3) is 0 Å². The van der Waals surface area contributed by atoms with Crippen LogP contribution in [-0.4, -0.2) is 22.2 Å². The molecule has 122 valence electrons. The molecule has 1 aromatic heterocycles. The molecule has 0 amide bonds. The minimum absolute atomic E-state index is 0.0203. The Morgan fingerprint density at radius 3 is 2.57 bits per heavy atom. The highest BCUT2D eigenvalue weighted by Crippen LogP contribution is 2.24. The molecule has 0 bridgehead atoms. The van der Waals surface area contributed by atoms with Crippen molar-refractivity contribution in [3.05, 3.63) is 41.5 Å². The molecule has 6 N–H and O–H groups in total. The predicted molar refractivity (Wildman–Crippen MR) is 91.1 cm³/mol. The van der Waals surface area contributed by atoms with Crippen molar-refractivity contribution in [2.45, 2.75) is 20.8 Å². The minimum Gasteiger partial charge on any atom is -0.396 e. The fourth-order valence-electron chi connectivity index (χ4n) is 1.96. The third kappa shape index (κ3) is 3.94. The molecule has 0 aliphatic rings. The average molecular weight is 316 g/mol. The normalized spacial score (nSPS) is 11.3. The fourth-order valence-corrected chi connectivity index (χ4v) is 1.96. The number of nitrogen functional groups attached to an aromatic ring is 2. The summed E-state index contributed by atoms with van der Waals surface area (Å²) < 4.78 is 13.7. The van der Waals surface area contributed by atoms with Crippen molar-refractivity contribution in [1.29, 1.82) is 5.41 Å². The molecule has 0 fully saturated rings. The van der Waals surface area contributed by atoms with E-state index in [4.69, 9.17) is 16.9 Å². The SMILES string of the molecule is CC(C)(C)CNc1ncnc(N)c1C(=N)c1ccc(N)c(F)c1. The third-order valence-electron chi connectivity index (χ3n) is 3.20. The van der Waals surface area contributed by atoms with Crippen molar-refractivity contribution < 1.29 is 4.39 Å². The number of nitrogens with one attached hydrogen (secondary N) is 2. The minimum atomic E-state index is -0.577. The number of rotatable bonds is 4. The van der Waals surface area contributed by atoms with Crippen molar-refractivity contribution in [2.75, 3.05) is 23.3 Å². The lowest BCUT2D eigenvalue weighted by atomic mass is 9.96. The van der Waals surface area contributed by atoms with Gasteiger partial charge in [0.25, 0.3) is 0 Å². The Hall–Kier alpha value is -2.70. The van der Waals surface area contributed by atoms with Crippen molar-refractivity contribution >= 4 is 23.0 Å². The third-order valence-corrected chi connectivity index (χ3v) is 3.20. The maximum Gasteiger partial charge on any atom is 0.146 e. The number of hydrogen-bond donors (Lipinski definition) is 4. The number of nitrogens with two attached hydrogens (primary N) is 2. The van der Waals surface area contributed by atoms with E-state index in [2.05, 4.69) is 36.1 Å². The standard InChI is InChI=1S/C16H21FN6/c1-16(2,3)7-21-15-12(14(20)22-8-23-15)13(19)9-4-5-11(18)10(17)6-9/h4-6,8,19H,7,18H2,1-3H3,(H3,20,21,22,23). The first-order valence-electron chi connectivity index (χ1n) is 7.18. The van der Waals surface area contributed by atoms with E-state index in [0.717, 1.165) is 0 Å². The number of aromatic nitrogens is 2. The lowest BCUT2D eigenvalue weighted by Gasteiger charge is -2.21. The van der Waals surface area contributed by atoms with Crippen LogP contribution in [0.5, 0.6) is 0 Å². The maximum atomic E-state index is 13.7. The van der Waals surface area contributed by atoms with Gasteiger partial charge in [0.15, 0.2) is 0 Å². The highest BCUT2D eigenvalue weighted by Gasteiger charge is 2.19. The van der Waals surface area contributed by atoms with Crippen LogP contribution in [0.15, 0.2) is 24.5 Å². The van der Waals surface area contributed by atoms with Crippen LogP contribution in [0.1, 0.15) is 31.9 Å². The largest absolute Gasteiger partial charge is 0.396 e. The molecule has 0 radical (unpaired) electrons. The molecule has 7 heteroatoms. The van der Waals surface area contributed by atoms with E-state index >= 15 is 0 Å². The van der Waals surface area contributed by atoms with E-state index in [0.29, 0.717) is 23.5 Å². The second-order valence-electron chi connectivity index (χ2n) is 6.51. The predicted octanol–water partition coefficient (Wildman–Crippen LogP) is 2.65. The maximum absolute atomic E-state index is 13.7. The van der Waals surface area contributed by atoms with Crippen LogP contribution < -0.4 is 16.8 Å². The molecular weight excluding hydrogens is 295 g/mol. The van der Waals surface area contributed by atoms with Crippen LogP contribution in [0.4, 0.5) is 21.7 Å². The lowest BCUT2D eigenvalue weighted by molar-refractivity contribution is 0.442. The molecule has 1 aromatic carbocycles. The van der Waals surface area contributed by atoms with Crippen LogP contribution in [0.3, 0.4) is 0 Å². The Bertz CT molecular complexity index is 736. The molecule has 0 atom stereocenters. The quantitative estimate of drug-likeness (QED) is 0.511. The van der Waals surface area contributed by atoms with E-state index < -0.39 is 5.82 Å². The highest BCUT2D eigenvalue weighted by atomic mass is 19.1. The second kappa shape index (κ2) is 6.20. The molecule has 0 saturated carbocycles. The second-order valence-corrected chi connectivity index (χ2v) is 6.51. The number of benzene rings is 1. The molecule has 23 heavy (non-hydrogen) atoms. The topological polar surface area (TPSA) is 114 Å². The van der Waals surface area contributed by atoms with Crippen molar-refractivity contribution in [1.82, 2.24) is 9.97 Å². The van der Waals surface area contributed by atoms with Crippen LogP contribution in [0, 0.1) is 16.6 Å². The highest BCUT2D eigenvalue weighted by molar-refractivity contribution is 6.16. The molecular formula is C16H21FN6. The molecule has 0 saturated heterocycles. The summed E-state index contributed by atoms with van der Waals surface area (Å²) in [5, 5.41) is 11.5. The van der Waals surface area contributed by atoms with Gasteiger partial charge in [-0.1, -0.05) is 26.8 Å². The van der Waals surface area contributed by atoms with Gasteiger partial charge in [0, 0.05) is 12.1 Å².